The van der Waals surface area contributed by atoms with Crippen LogP contribution in [0.2, 0.25) is 0 Å². The number of anilines is 4. The third kappa shape index (κ3) is 10.1. The molecule has 3 amide bonds. The van der Waals surface area contributed by atoms with Crippen LogP contribution in [-0.4, -0.2) is 63.6 Å². The van der Waals surface area contributed by atoms with Gasteiger partial charge in [-0.05, 0) is 63.1 Å². The molecule has 13 heteroatoms. The van der Waals surface area contributed by atoms with Crippen molar-refractivity contribution in [1.29, 1.82) is 0 Å². The van der Waals surface area contributed by atoms with E-state index in [0.29, 0.717) is 40.8 Å². The SMILES string of the molecule is CCCNc1nc(Nc2ccc(C(N)=O)cc2)ncc1C(O)Nc1ccccc1CNC(=O)CN(C)C(=O)OC(C)(C)C. The Kier molecular flexibility index (Phi) is 11.2. The number of amides is 3. The molecule has 0 aliphatic rings. The van der Waals surface area contributed by atoms with E-state index >= 15 is 0 Å². The number of likely N-dealkylation sites (N-methyl/N-ethyl adjacent to an activating group) is 1. The molecule has 0 bridgehead atoms. The molecule has 3 rings (SSSR count). The van der Waals surface area contributed by atoms with Crippen molar-refractivity contribution in [3.63, 3.8) is 0 Å². The average Bonchev–Trinajstić information content (AvgIpc) is 2.95. The van der Waals surface area contributed by atoms with Crippen molar-refractivity contribution in [2.75, 3.05) is 36.1 Å². The number of aliphatic hydroxyl groups is 1. The van der Waals surface area contributed by atoms with Gasteiger partial charge in [-0.3, -0.25) is 9.59 Å². The van der Waals surface area contributed by atoms with E-state index in [1.165, 1.54) is 18.1 Å². The van der Waals surface area contributed by atoms with Crippen molar-refractivity contribution >= 4 is 41.0 Å². The number of aliphatic hydroxyl groups excluding tert-OH is 1. The number of ether oxygens (including phenoxy) is 1. The molecule has 1 heterocycles. The first-order valence-corrected chi connectivity index (χ1v) is 13.9. The number of para-hydroxylation sites is 1. The summed E-state index contributed by atoms with van der Waals surface area (Å²) in [5, 5.41) is 23.3. The summed E-state index contributed by atoms with van der Waals surface area (Å²) in [6, 6.07) is 13.8. The van der Waals surface area contributed by atoms with Gasteiger partial charge in [0.15, 0.2) is 6.23 Å². The Morgan fingerprint density at radius 1 is 1.09 bits per heavy atom. The lowest BCUT2D eigenvalue weighted by molar-refractivity contribution is -0.122. The number of primary amides is 1. The van der Waals surface area contributed by atoms with Gasteiger partial charge >= 0.3 is 6.09 Å². The minimum absolute atomic E-state index is 0.158. The van der Waals surface area contributed by atoms with E-state index in [9.17, 15) is 19.5 Å². The van der Waals surface area contributed by atoms with Gasteiger partial charge in [0.2, 0.25) is 17.8 Å². The second-order valence-electron chi connectivity index (χ2n) is 10.8. The Bertz CT molecular complexity index is 1410. The smallest absolute Gasteiger partial charge is 0.410 e. The first-order valence-electron chi connectivity index (χ1n) is 13.9. The number of benzene rings is 2. The maximum atomic E-state index is 12.5. The van der Waals surface area contributed by atoms with E-state index in [4.69, 9.17) is 10.5 Å². The van der Waals surface area contributed by atoms with E-state index in [0.717, 1.165) is 12.0 Å². The van der Waals surface area contributed by atoms with Crippen LogP contribution < -0.4 is 27.0 Å². The summed E-state index contributed by atoms with van der Waals surface area (Å²) >= 11 is 0. The van der Waals surface area contributed by atoms with Gasteiger partial charge in [0, 0.05) is 43.3 Å². The molecule has 7 N–H and O–H groups in total. The summed E-state index contributed by atoms with van der Waals surface area (Å²) in [4.78, 5) is 46.1. The molecule has 0 fully saturated rings. The molecule has 0 aliphatic heterocycles. The van der Waals surface area contributed by atoms with Crippen LogP contribution in [0.15, 0.2) is 54.7 Å². The van der Waals surface area contributed by atoms with Crippen LogP contribution in [0.5, 0.6) is 0 Å². The molecule has 2 aromatic carbocycles. The Balaban J connectivity index is 1.69. The molecule has 0 aliphatic carbocycles. The van der Waals surface area contributed by atoms with Crippen LogP contribution in [-0.2, 0) is 16.1 Å². The van der Waals surface area contributed by atoms with Crippen molar-refractivity contribution < 1.29 is 24.2 Å². The molecule has 1 unspecified atom stereocenters. The highest BCUT2D eigenvalue weighted by Crippen LogP contribution is 2.26. The monoisotopic (exact) mass is 592 g/mol. The summed E-state index contributed by atoms with van der Waals surface area (Å²) in [5.74, 6) is -0.158. The van der Waals surface area contributed by atoms with Gasteiger partial charge in [0.25, 0.3) is 0 Å². The molecular formula is C30H40N8O5. The van der Waals surface area contributed by atoms with Gasteiger partial charge in [-0.25, -0.2) is 9.78 Å². The van der Waals surface area contributed by atoms with Crippen molar-refractivity contribution in [3.05, 3.63) is 71.4 Å². The van der Waals surface area contributed by atoms with Gasteiger partial charge in [-0.2, -0.15) is 4.98 Å². The van der Waals surface area contributed by atoms with Crippen LogP contribution in [0.4, 0.5) is 27.9 Å². The molecule has 230 valence electrons. The van der Waals surface area contributed by atoms with Crippen molar-refractivity contribution in [1.82, 2.24) is 20.2 Å². The minimum Gasteiger partial charge on any atom is -0.444 e. The zero-order valence-electron chi connectivity index (χ0n) is 25.1. The second kappa shape index (κ2) is 14.8. The fourth-order valence-electron chi connectivity index (χ4n) is 3.79. The summed E-state index contributed by atoms with van der Waals surface area (Å²) in [6.45, 7) is 7.88. The number of carbonyl (C=O) groups is 3. The Morgan fingerprint density at radius 2 is 1.79 bits per heavy atom. The lowest BCUT2D eigenvalue weighted by Gasteiger charge is -2.24. The molecule has 1 aromatic heterocycles. The topological polar surface area (TPSA) is 184 Å². The molecule has 0 spiro atoms. The number of aromatic nitrogens is 2. The zero-order chi connectivity index (χ0) is 31.6. The number of rotatable bonds is 13. The van der Waals surface area contributed by atoms with Gasteiger partial charge < -0.3 is 41.7 Å². The van der Waals surface area contributed by atoms with Crippen molar-refractivity contribution in [3.8, 4) is 0 Å². The number of nitrogens with two attached hydrogens (primary N) is 1. The maximum absolute atomic E-state index is 12.5. The Labute approximate surface area is 251 Å². The van der Waals surface area contributed by atoms with Gasteiger partial charge in [-0.15, -0.1) is 0 Å². The number of carbonyl (C=O) groups excluding carboxylic acids is 3. The Hall–Kier alpha value is -4.91. The first-order chi connectivity index (χ1) is 20.4. The third-order valence-corrected chi connectivity index (χ3v) is 5.95. The maximum Gasteiger partial charge on any atom is 0.410 e. The van der Waals surface area contributed by atoms with Crippen LogP contribution in [0.25, 0.3) is 0 Å². The van der Waals surface area contributed by atoms with E-state index in [-0.39, 0.29) is 19.0 Å². The standard InChI is InChI=1S/C30H40N8O5/c1-6-15-32-26-22(17-34-28(37-26)35-21-13-11-19(12-14-21)25(31)40)27(41)36-23-10-8-7-9-20(23)16-33-24(39)18-38(5)29(42)43-30(2,3)4/h7-14,17,27,36,41H,6,15-16,18H2,1-5H3,(H2,31,40)(H,33,39)(H2,32,34,35,37). The average molecular weight is 593 g/mol. The molecule has 0 saturated carbocycles. The first kappa shape index (κ1) is 32.6. The van der Waals surface area contributed by atoms with E-state index < -0.39 is 23.8 Å². The highest BCUT2D eigenvalue weighted by molar-refractivity contribution is 5.93. The van der Waals surface area contributed by atoms with E-state index in [1.54, 1.807) is 57.2 Å². The van der Waals surface area contributed by atoms with Gasteiger partial charge in [0.1, 0.15) is 18.0 Å². The lowest BCUT2D eigenvalue weighted by atomic mass is 10.1. The highest BCUT2D eigenvalue weighted by Gasteiger charge is 2.21. The minimum atomic E-state index is -1.18. The molecule has 0 radical (unpaired) electrons. The van der Waals surface area contributed by atoms with Crippen LogP contribution in [0.3, 0.4) is 0 Å². The molecule has 43 heavy (non-hydrogen) atoms. The third-order valence-electron chi connectivity index (χ3n) is 5.95. The number of hydrogen-bond acceptors (Lipinski definition) is 10. The molecule has 13 nitrogen and oxygen atoms in total. The molecule has 0 saturated heterocycles. The predicted molar refractivity (Wildman–Crippen MR) is 165 cm³/mol. The Morgan fingerprint density at radius 3 is 2.44 bits per heavy atom. The summed E-state index contributed by atoms with van der Waals surface area (Å²) < 4.78 is 5.29. The van der Waals surface area contributed by atoms with Crippen LogP contribution in [0.1, 0.15) is 61.8 Å². The molecular weight excluding hydrogens is 552 g/mol. The molecule has 1 atom stereocenters. The normalized spacial score (nSPS) is 11.7. The van der Waals surface area contributed by atoms with Crippen LogP contribution in [0, 0.1) is 0 Å². The lowest BCUT2D eigenvalue weighted by Crippen LogP contribution is -2.40. The van der Waals surface area contributed by atoms with E-state index in [2.05, 4.69) is 31.2 Å². The fourth-order valence-corrected chi connectivity index (χ4v) is 3.79. The van der Waals surface area contributed by atoms with Gasteiger partial charge in [0.05, 0.1) is 5.56 Å². The van der Waals surface area contributed by atoms with E-state index in [1.807, 2.05) is 19.1 Å². The number of nitrogens with zero attached hydrogens (tertiary/aromatic N) is 3. The summed E-state index contributed by atoms with van der Waals surface area (Å²) in [7, 11) is 1.49. The molecule has 3 aromatic rings. The van der Waals surface area contributed by atoms with Gasteiger partial charge in [-0.1, -0.05) is 25.1 Å². The highest BCUT2D eigenvalue weighted by atomic mass is 16.6. The second-order valence-corrected chi connectivity index (χ2v) is 10.8. The predicted octanol–water partition coefficient (Wildman–Crippen LogP) is 3.73. The van der Waals surface area contributed by atoms with Crippen LogP contribution >= 0.6 is 0 Å². The quantitative estimate of drug-likeness (QED) is 0.160. The fraction of sp³-hybridized carbons (Fsp3) is 0.367. The number of nitrogens with one attached hydrogen (secondary N) is 4. The zero-order valence-corrected chi connectivity index (χ0v) is 25.1. The van der Waals surface area contributed by atoms with Crippen molar-refractivity contribution in [2.24, 2.45) is 5.73 Å². The summed E-state index contributed by atoms with van der Waals surface area (Å²) in [6.07, 6.45) is 0.568. The van der Waals surface area contributed by atoms with Crippen molar-refractivity contribution in [2.45, 2.75) is 52.5 Å². The summed E-state index contributed by atoms with van der Waals surface area (Å²) in [5.41, 5.74) is 7.41. The largest absolute Gasteiger partial charge is 0.444 e. The number of hydrogen-bond donors (Lipinski definition) is 6.